The van der Waals surface area contributed by atoms with Crippen LogP contribution in [0.25, 0.3) is 22.1 Å². The van der Waals surface area contributed by atoms with Crippen molar-refractivity contribution >= 4 is 32.1 Å². The number of H-pyrrole nitrogens is 1. The SMILES string of the molecule is N#Cc1cccc(S(=O)(=O)N2CCC(n3cnc4cnc5[nH]ccc5c43)CC2)c1. The molecule has 146 valence electrons. The van der Waals surface area contributed by atoms with E-state index in [0.717, 1.165) is 22.1 Å². The zero-order valence-corrected chi connectivity index (χ0v) is 16.3. The van der Waals surface area contributed by atoms with Crippen LogP contribution in [0.2, 0.25) is 0 Å². The van der Waals surface area contributed by atoms with E-state index < -0.39 is 10.0 Å². The smallest absolute Gasteiger partial charge is 0.243 e. The van der Waals surface area contributed by atoms with E-state index in [1.807, 2.05) is 24.7 Å². The summed E-state index contributed by atoms with van der Waals surface area (Å²) >= 11 is 0. The van der Waals surface area contributed by atoms with Gasteiger partial charge in [0.25, 0.3) is 0 Å². The number of nitrogens with one attached hydrogen (secondary N) is 1. The topological polar surface area (TPSA) is 108 Å². The van der Waals surface area contributed by atoms with Gasteiger partial charge in [-0.15, -0.1) is 0 Å². The van der Waals surface area contributed by atoms with E-state index in [0.29, 0.717) is 31.5 Å². The van der Waals surface area contributed by atoms with Crippen molar-refractivity contribution in [3.05, 3.63) is 54.6 Å². The van der Waals surface area contributed by atoms with Crippen molar-refractivity contribution < 1.29 is 8.42 Å². The quantitative estimate of drug-likeness (QED) is 0.563. The van der Waals surface area contributed by atoms with Crippen molar-refractivity contribution in [2.45, 2.75) is 23.8 Å². The molecule has 29 heavy (non-hydrogen) atoms. The lowest BCUT2D eigenvalue weighted by molar-refractivity contribution is 0.277. The molecule has 1 aliphatic rings. The highest BCUT2D eigenvalue weighted by atomic mass is 32.2. The number of aromatic nitrogens is 4. The molecule has 1 aliphatic heterocycles. The molecule has 0 radical (unpaired) electrons. The number of benzene rings is 1. The van der Waals surface area contributed by atoms with Gasteiger partial charge in [0.05, 0.1) is 34.6 Å². The minimum Gasteiger partial charge on any atom is -0.346 e. The lowest BCUT2D eigenvalue weighted by Crippen LogP contribution is -2.39. The number of hydrogen-bond acceptors (Lipinski definition) is 5. The van der Waals surface area contributed by atoms with E-state index in [-0.39, 0.29) is 10.9 Å². The Morgan fingerprint density at radius 1 is 1.17 bits per heavy atom. The maximum Gasteiger partial charge on any atom is 0.243 e. The van der Waals surface area contributed by atoms with Crippen LogP contribution in [0.5, 0.6) is 0 Å². The van der Waals surface area contributed by atoms with Gasteiger partial charge in [0, 0.05) is 30.7 Å². The molecule has 0 bridgehead atoms. The van der Waals surface area contributed by atoms with E-state index in [1.54, 1.807) is 24.4 Å². The lowest BCUT2D eigenvalue weighted by Gasteiger charge is -2.32. The first-order chi connectivity index (χ1) is 14.1. The van der Waals surface area contributed by atoms with Gasteiger partial charge < -0.3 is 9.55 Å². The fourth-order valence-corrected chi connectivity index (χ4v) is 5.56. The van der Waals surface area contributed by atoms with E-state index in [4.69, 9.17) is 5.26 Å². The number of imidazole rings is 1. The van der Waals surface area contributed by atoms with Gasteiger partial charge in [-0.05, 0) is 37.1 Å². The third-order valence-electron chi connectivity index (χ3n) is 5.54. The van der Waals surface area contributed by atoms with Crippen molar-refractivity contribution in [2.75, 3.05) is 13.1 Å². The van der Waals surface area contributed by atoms with Crippen LogP contribution in [-0.2, 0) is 10.0 Å². The number of fused-ring (bicyclic) bond motifs is 3. The van der Waals surface area contributed by atoms with Crippen molar-refractivity contribution in [3.63, 3.8) is 0 Å². The maximum atomic E-state index is 13.0. The van der Waals surface area contributed by atoms with Crippen LogP contribution in [0.15, 0.2) is 53.9 Å². The lowest BCUT2D eigenvalue weighted by atomic mass is 10.1. The standard InChI is InChI=1S/C20H18N6O2S/c21-11-14-2-1-3-16(10-14)29(27,28)25-8-5-15(6-9-25)26-13-24-18-12-23-20-17(19(18)26)4-7-22-20/h1-4,7,10,12-13,15H,5-6,8-9H2,(H,22,23). The molecule has 0 unspecified atom stereocenters. The van der Waals surface area contributed by atoms with Crippen LogP contribution >= 0.6 is 0 Å². The van der Waals surface area contributed by atoms with Gasteiger partial charge >= 0.3 is 0 Å². The molecule has 8 nitrogen and oxygen atoms in total. The zero-order chi connectivity index (χ0) is 20.0. The van der Waals surface area contributed by atoms with E-state index in [2.05, 4.69) is 19.5 Å². The summed E-state index contributed by atoms with van der Waals surface area (Å²) in [5.41, 5.74) is 3.02. The van der Waals surface area contributed by atoms with Gasteiger partial charge in [0.2, 0.25) is 10.0 Å². The number of aromatic amines is 1. The number of sulfonamides is 1. The van der Waals surface area contributed by atoms with Gasteiger partial charge in [-0.2, -0.15) is 9.57 Å². The maximum absolute atomic E-state index is 13.0. The summed E-state index contributed by atoms with van der Waals surface area (Å²) < 4.78 is 29.6. The molecule has 4 aromatic rings. The van der Waals surface area contributed by atoms with Crippen molar-refractivity contribution in [2.24, 2.45) is 0 Å². The number of pyridine rings is 1. The molecule has 0 atom stereocenters. The third-order valence-corrected chi connectivity index (χ3v) is 7.43. The molecule has 9 heteroatoms. The second-order valence-electron chi connectivity index (χ2n) is 7.16. The second kappa shape index (κ2) is 6.69. The molecule has 5 rings (SSSR count). The van der Waals surface area contributed by atoms with Crippen molar-refractivity contribution in [1.82, 2.24) is 23.8 Å². The first-order valence-corrected chi connectivity index (χ1v) is 10.8. The zero-order valence-electron chi connectivity index (χ0n) is 15.5. The van der Waals surface area contributed by atoms with Crippen LogP contribution in [0.3, 0.4) is 0 Å². The molecule has 0 aliphatic carbocycles. The molecule has 0 spiro atoms. The molecule has 4 heterocycles. The predicted octanol–water partition coefficient (Wildman–Crippen LogP) is 2.81. The first kappa shape index (κ1) is 17.8. The first-order valence-electron chi connectivity index (χ1n) is 9.37. The molecule has 1 N–H and O–H groups in total. The molecule has 0 amide bonds. The molecule has 1 saturated heterocycles. The Kier molecular flexibility index (Phi) is 4.12. The van der Waals surface area contributed by atoms with Gasteiger partial charge in [-0.25, -0.2) is 18.4 Å². The highest BCUT2D eigenvalue weighted by Crippen LogP contribution is 2.31. The number of piperidine rings is 1. The Hall–Kier alpha value is -3.22. The van der Waals surface area contributed by atoms with Gasteiger partial charge in [0.1, 0.15) is 11.2 Å². The Balaban J connectivity index is 1.41. The molecule has 1 aromatic carbocycles. The fourth-order valence-electron chi connectivity index (χ4n) is 4.04. The highest BCUT2D eigenvalue weighted by Gasteiger charge is 2.31. The summed E-state index contributed by atoms with van der Waals surface area (Å²) in [6.45, 7) is 0.843. The van der Waals surface area contributed by atoms with Gasteiger partial charge in [-0.1, -0.05) is 6.07 Å². The fraction of sp³-hybridized carbons (Fsp3) is 0.250. The normalized spacial score (nSPS) is 16.4. The van der Waals surface area contributed by atoms with Crippen LogP contribution in [-0.4, -0.2) is 45.3 Å². The van der Waals surface area contributed by atoms with Crippen LogP contribution in [0.4, 0.5) is 0 Å². The van der Waals surface area contributed by atoms with Crippen molar-refractivity contribution in [3.8, 4) is 6.07 Å². The Bertz CT molecular complexity index is 1360. The highest BCUT2D eigenvalue weighted by molar-refractivity contribution is 7.89. The molecule has 3 aromatic heterocycles. The minimum absolute atomic E-state index is 0.164. The molecule has 1 fully saturated rings. The Labute approximate surface area is 167 Å². The largest absolute Gasteiger partial charge is 0.346 e. The van der Waals surface area contributed by atoms with Crippen LogP contribution < -0.4 is 0 Å². The second-order valence-corrected chi connectivity index (χ2v) is 9.10. The number of rotatable bonds is 3. The average molecular weight is 406 g/mol. The summed E-state index contributed by atoms with van der Waals surface area (Å²) in [6, 6.07) is 10.3. The molecular weight excluding hydrogens is 388 g/mol. The molecule has 0 saturated carbocycles. The Morgan fingerprint density at radius 3 is 2.79 bits per heavy atom. The van der Waals surface area contributed by atoms with Crippen LogP contribution in [0, 0.1) is 11.3 Å². The predicted molar refractivity (Wildman–Crippen MR) is 108 cm³/mol. The number of nitriles is 1. The summed E-state index contributed by atoms with van der Waals surface area (Å²) in [5.74, 6) is 0. The summed E-state index contributed by atoms with van der Waals surface area (Å²) in [4.78, 5) is 12.2. The minimum atomic E-state index is -3.61. The number of hydrogen-bond donors (Lipinski definition) is 1. The van der Waals surface area contributed by atoms with Gasteiger partial charge in [0.15, 0.2) is 0 Å². The average Bonchev–Trinajstić information content (AvgIpc) is 3.40. The Morgan fingerprint density at radius 2 is 2.00 bits per heavy atom. The summed E-state index contributed by atoms with van der Waals surface area (Å²) in [7, 11) is -3.61. The van der Waals surface area contributed by atoms with E-state index in [9.17, 15) is 8.42 Å². The summed E-state index contributed by atoms with van der Waals surface area (Å²) in [6.07, 6.45) is 6.82. The van der Waals surface area contributed by atoms with Crippen LogP contribution in [0.1, 0.15) is 24.4 Å². The number of nitrogens with zero attached hydrogens (tertiary/aromatic N) is 5. The summed E-state index contributed by atoms with van der Waals surface area (Å²) in [5, 5.41) is 10.1. The van der Waals surface area contributed by atoms with Gasteiger partial charge in [-0.3, -0.25) is 0 Å². The van der Waals surface area contributed by atoms with E-state index >= 15 is 0 Å². The van der Waals surface area contributed by atoms with Crippen molar-refractivity contribution in [1.29, 1.82) is 5.26 Å². The van der Waals surface area contributed by atoms with E-state index in [1.165, 1.54) is 10.4 Å². The third kappa shape index (κ3) is 2.88. The molecular formula is C20H18N6O2S. The monoisotopic (exact) mass is 406 g/mol.